The molecule has 5 heteroatoms. The van der Waals surface area contributed by atoms with E-state index < -0.39 is 0 Å². The maximum atomic E-state index is 12.1. The molecule has 0 aliphatic rings. The molecule has 108 valence electrons. The van der Waals surface area contributed by atoms with Crippen molar-refractivity contribution in [2.75, 3.05) is 0 Å². The Labute approximate surface area is 137 Å². The molecule has 1 unspecified atom stereocenters. The third kappa shape index (κ3) is 4.37. The number of carbonyl (C=O) groups is 1. The molecule has 1 atom stereocenters. The van der Waals surface area contributed by atoms with Gasteiger partial charge in [0.05, 0.1) is 11.6 Å². The summed E-state index contributed by atoms with van der Waals surface area (Å²) in [4.78, 5) is 12.1. The zero-order valence-corrected chi connectivity index (χ0v) is 13.9. The highest BCUT2D eigenvalue weighted by atomic mass is 79.9. The Morgan fingerprint density at radius 2 is 1.71 bits per heavy atom. The van der Waals surface area contributed by atoms with Crippen LogP contribution in [0.3, 0.4) is 0 Å². The van der Waals surface area contributed by atoms with Crippen LogP contribution in [-0.4, -0.2) is 11.0 Å². The zero-order valence-electron chi connectivity index (χ0n) is 11.5. The van der Waals surface area contributed by atoms with Gasteiger partial charge in [0.2, 0.25) is 0 Å². The van der Waals surface area contributed by atoms with Crippen LogP contribution in [0.4, 0.5) is 0 Å². The lowest BCUT2D eigenvalue weighted by Gasteiger charge is -2.17. The number of rotatable bonds is 3. The molecule has 0 heterocycles. The predicted octanol–water partition coefficient (Wildman–Crippen LogP) is 3.81. The largest absolute Gasteiger partial charge is 0.356 e. The van der Waals surface area contributed by atoms with E-state index in [0.29, 0.717) is 10.7 Å². The Hall–Kier alpha value is -1.72. The van der Waals surface area contributed by atoms with Gasteiger partial charge in [-0.05, 0) is 52.8 Å². The molecule has 0 fully saturated rings. The van der Waals surface area contributed by atoms with E-state index in [9.17, 15) is 4.79 Å². The molecular weight excluding hydrogens is 348 g/mol. The lowest BCUT2D eigenvalue weighted by Crippen LogP contribution is -2.40. The molecular formula is C16H15BrN2OS. The average molecular weight is 363 g/mol. The van der Waals surface area contributed by atoms with Gasteiger partial charge in [-0.25, -0.2) is 0 Å². The van der Waals surface area contributed by atoms with Gasteiger partial charge in [-0.1, -0.05) is 42.5 Å². The summed E-state index contributed by atoms with van der Waals surface area (Å²) in [5.41, 5.74) is 1.66. The Balaban J connectivity index is 1.96. The Morgan fingerprint density at radius 1 is 1.10 bits per heavy atom. The second-order valence-electron chi connectivity index (χ2n) is 4.54. The van der Waals surface area contributed by atoms with E-state index in [4.69, 9.17) is 12.2 Å². The number of carbonyl (C=O) groups excluding carboxylic acids is 1. The van der Waals surface area contributed by atoms with Crippen LogP contribution in [0.1, 0.15) is 28.9 Å². The van der Waals surface area contributed by atoms with Crippen molar-refractivity contribution < 1.29 is 4.79 Å². The summed E-state index contributed by atoms with van der Waals surface area (Å²) in [5.74, 6) is -0.236. The molecule has 0 spiro atoms. The highest BCUT2D eigenvalue weighted by Crippen LogP contribution is 2.15. The van der Waals surface area contributed by atoms with Crippen molar-refractivity contribution in [1.82, 2.24) is 10.6 Å². The van der Waals surface area contributed by atoms with E-state index in [1.165, 1.54) is 0 Å². The van der Waals surface area contributed by atoms with Crippen LogP contribution >= 0.6 is 28.1 Å². The number of thiocarbonyl (C=S) groups is 1. The van der Waals surface area contributed by atoms with E-state index in [-0.39, 0.29) is 11.9 Å². The highest BCUT2D eigenvalue weighted by Gasteiger charge is 2.12. The predicted molar refractivity (Wildman–Crippen MR) is 92.2 cm³/mol. The van der Waals surface area contributed by atoms with E-state index in [1.807, 2.05) is 55.5 Å². The molecule has 0 aliphatic carbocycles. The molecule has 2 aromatic carbocycles. The van der Waals surface area contributed by atoms with E-state index >= 15 is 0 Å². The second-order valence-corrected chi connectivity index (χ2v) is 5.80. The smallest absolute Gasteiger partial charge is 0.258 e. The van der Waals surface area contributed by atoms with E-state index in [2.05, 4.69) is 26.6 Å². The summed E-state index contributed by atoms with van der Waals surface area (Å²) in [5, 5.41) is 6.10. The Morgan fingerprint density at radius 3 is 2.38 bits per heavy atom. The molecule has 0 aromatic heterocycles. The van der Waals surface area contributed by atoms with Gasteiger partial charge in [-0.2, -0.15) is 0 Å². The summed E-state index contributed by atoms with van der Waals surface area (Å²) in [6.07, 6.45) is 0. The first-order valence-electron chi connectivity index (χ1n) is 6.49. The van der Waals surface area contributed by atoms with Gasteiger partial charge in [0.1, 0.15) is 0 Å². The van der Waals surface area contributed by atoms with Crippen LogP contribution in [0.2, 0.25) is 0 Å². The van der Waals surface area contributed by atoms with Crippen LogP contribution in [0.5, 0.6) is 0 Å². The first-order chi connectivity index (χ1) is 10.1. The summed E-state index contributed by atoms with van der Waals surface area (Å²) < 4.78 is 0.737. The number of nitrogens with one attached hydrogen (secondary N) is 2. The number of benzene rings is 2. The lowest BCUT2D eigenvalue weighted by molar-refractivity contribution is 0.0976. The van der Waals surface area contributed by atoms with Crippen molar-refractivity contribution in [2.45, 2.75) is 13.0 Å². The summed E-state index contributed by atoms with van der Waals surface area (Å²) >= 11 is 8.54. The fourth-order valence-electron chi connectivity index (χ4n) is 1.87. The minimum absolute atomic E-state index is 0.0261. The molecule has 1 amide bonds. The molecule has 0 bridgehead atoms. The van der Waals surface area contributed by atoms with Crippen molar-refractivity contribution in [3.8, 4) is 0 Å². The summed E-state index contributed by atoms with van der Waals surface area (Å²) in [6.45, 7) is 1.99. The molecule has 21 heavy (non-hydrogen) atoms. The van der Waals surface area contributed by atoms with Crippen LogP contribution in [-0.2, 0) is 0 Å². The van der Waals surface area contributed by atoms with Crippen molar-refractivity contribution in [2.24, 2.45) is 0 Å². The first-order valence-corrected chi connectivity index (χ1v) is 7.69. The quantitative estimate of drug-likeness (QED) is 0.815. The fraction of sp³-hybridized carbons (Fsp3) is 0.125. The van der Waals surface area contributed by atoms with Gasteiger partial charge in [0.25, 0.3) is 5.91 Å². The maximum absolute atomic E-state index is 12.1. The Kier molecular flexibility index (Phi) is 5.47. The van der Waals surface area contributed by atoms with Crippen LogP contribution < -0.4 is 10.6 Å². The number of hydrogen-bond acceptors (Lipinski definition) is 2. The fourth-order valence-corrected chi connectivity index (χ4v) is 2.61. The molecule has 0 saturated carbocycles. The molecule has 0 radical (unpaired) electrons. The minimum atomic E-state index is -0.236. The van der Waals surface area contributed by atoms with Gasteiger partial charge < -0.3 is 5.32 Å². The Bertz CT molecular complexity index is 646. The van der Waals surface area contributed by atoms with Gasteiger partial charge in [0, 0.05) is 4.47 Å². The summed E-state index contributed by atoms with van der Waals surface area (Å²) in [7, 11) is 0. The maximum Gasteiger partial charge on any atom is 0.258 e. The monoisotopic (exact) mass is 362 g/mol. The zero-order chi connectivity index (χ0) is 15.2. The SMILES string of the molecule is CC(NC(=S)NC(=O)c1ccccc1Br)c1ccccc1. The molecule has 2 aromatic rings. The highest BCUT2D eigenvalue weighted by molar-refractivity contribution is 9.10. The lowest BCUT2D eigenvalue weighted by atomic mass is 10.1. The van der Waals surface area contributed by atoms with Gasteiger partial charge in [-0.15, -0.1) is 0 Å². The van der Waals surface area contributed by atoms with E-state index in [1.54, 1.807) is 6.07 Å². The van der Waals surface area contributed by atoms with E-state index in [0.717, 1.165) is 10.0 Å². The molecule has 0 aliphatic heterocycles. The van der Waals surface area contributed by atoms with Crippen LogP contribution in [0, 0.1) is 0 Å². The standard InChI is InChI=1S/C16H15BrN2OS/c1-11(12-7-3-2-4-8-12)18-16(21)19-15(20)13-9-5-6-10-14(13)17/h2-11H,1H3,(H2,18,19,20,21). The average Bonchev–Trinajstić information content (AvgIpc) is 2.48. The van der Waals surface area contributed by atoms with Crippen molar-refractivity contribution in [3.05, 3.63) is 70.2 Å². The van der Waals surface area contributed by atoms with Crippen molar-refractivity contribution >= 4 is 39.2 Å². The summed E-state index contributed by atoms with van der Waals surface area (Å²) in [6, 6.07) is 17.2. The van der Waals surface area contributed by atoms with Crippen molar-refractivity contribution in [1.29, 1.82) is 0 Å². The third-order valence-corrected chi connectivity index (χ3v) is 3.90. The topological polar surface area (TPSA) is 41.1 Å². The first kappa shape index (κ1) is 15.7. The third-order valence-electron chi connectivity index (χ3n) is 2.99. The van der Waals surface area contributed by atoms with Gasteiger partial charge in [0.15, 0.2) is 5.11 Å². The number of halogens is 1. The van der Waals surface area contributed by atoms with Crippen LogP contribution in [0.25, 0.3) is 0 Å². The minimum Gasteiger partial charge on any atom is -0.356 e. The van der Waals surface area contributed by atoms with Crippen LogP contribution in [0.15, 0.2) is 59.1 Å². The number of hydrogen-bond donors (Lipinski definition) is 2. The van der Waals surface area contributed by atoms with Gasteiger partial charge in [-0.3, -0.25) is 10.1 Å². The molecule has 0 saturated heterocycles. The molecule has 2 N–H and O–H groups in total. The van der Waals surface area contributed by atoms with Gasteiger partial charge >= 0.3 is 0 Å². The molecule has 3 nitrogen and oxygen atoms in total. The molecule has 2 rings (SSSR count). The number of amides is 1. The normalized spacial score (nSPS) is 11.5. The second kappa shape index (κ2) is 7.33. The van der Waals surface area contributed by atoms with Crippen molar-refractivity contribution in [3.63, 3.8) is 0 Å².